The largest absolute Gasteiger partial charge is 1.00 e. The van der Waals surface area contributed by atoms with Crippen LogP contribution in [0.15, 0.2) is 48.8 Å². The van der Waals surface area contributed by atoms with E-state index in [1.807, 2.05) is 48.3 Å². The van der Waals surface area contributed by atoms with Crippen LogP contribution in [-0.2, 0) is 7.05 Å². The quantitative estimate of drug-likeness (QED) is 0.451. The molecule has 0 aliphatic heterocycles. The highest BCUT2D eigenvalue weighted by Crippen LogP contribution is 2.18. The third kappa shape index (κ3) is 2.31. The van der Waals surface area contributed by atoms with Crippen molar-refractivity contribution in [3.05, 3.63) is 48.8 Å². The van der Waals surface area contributed by atoms with Crippen LogP contribution in [0.4, 0.5) is 0 Å². The van der Waals surface area contributed by atoms with E-state index >= 15 is 0 Å². The van der Waals surface area contributed by atoms with Crippen molar-refractivity contribution in [2.75, 3.05) is 0 Å². The van der Waals surface area contributed by atoms with Gasteiger partial charge in [0.2, 0.25) is 0 Å². The molecule has 1 N–H and O–H groups in total. The molecule has 0 atom stereocenters. The summed E-state index contributed by atoms with van der Waals surface area (Å²) < 4.78 is 2.01. The van der Waals surface area contributed by atoms with E-state index in [0.717, 1.165) is 22.4 Å². The van der Waals surface area contributed by atoms with Crippen LogP contribution >= 0.6 is 0 Å². The standard InChI is InChI=1S/C13H11N3.HI/c1-16-8-6-10(7-9-16)13-14-11-4-2-3-5-12(11)15-13;/h2-9H,1H3;1H. The van der Waals surface area contributed by atoms with Crippen LogP contribution in [-0.4, -0.2) is 9.97 Å². The molecule has 0 fully saturated rings. The predicted molar refractivity (Wildman–Crippen MR) is 62.7 cm³/mol. The van der Waals surface area contributed by atoms with Gasteiger partial charge < -0.3 is 29.0 Å². The summed E-state index contributed by atoms with van der Waals surface area (Å²) >= 11 is 0. The number of aromatic nitrogens is 3. The van der Waals surface area contributed by atoms with Crippen LogP contribution in [0.3, 0.4) is 0 Å². The Morgan fingerprint density at radius 2 is 1.76 bits per heavy atom. The Bertz CT molecular complexity index is 595. The Morgan fingerprint density at radius 3 is 2.47 bits per heavy atom. The molecule has 0 aliphatic carbocycles. The van der Waals surface area contributed by atoms with E-state index in [1.54, 1.807) is 0 Å². The fourth-order valence-corrected chi connectivity index (χ4v) is 1.75. The minimum atomic E-state index is 0. The molecular weight excluding hydrogens is 325 g/mol. The van der Waals surface area contributed by atoms with Gasteiger partial charge in [0.25, 0.3) is 0 Å². The number of hydrogen-bond acceptors (Lipinski definition) is 1. The number of hydrogen-bond donors (Lipinski definition) is 1. The average molecular weight is 337 g/mol. The molecule has 3 nitrogen and oxygen atoms in total. The number of H-pyrrole nitrogens is 1. The van der Waals surface area contributed by atoms with Crippen molar-refractivity contribution < 1.29 is 28.5 Å². The first-order chi connectivity index (χ1) is 7.83. The van der Waals surface area contributed by atoms with Gasteiger partial charge in [0.1, 0.15) is 12.9 Å². The molecule has 0 unspecified atom stereocenters. The van der Waals surface area contributed by atoms with Crippen LogP contribution in [0.5, 0.6) is 0 Å². The zero-order chi connectivity index (χ0) is 11.0. The number of pyridine rings is 1. The summed E-state index contributed by atoms with van der Waals surface area (Å²) in [5.41, 5.74) is 3.19. The van der Waals surface area contributed by atoms with Crippen molar-refractivity contribution >= 4 is 11.0 Å². The van der Waals surface area contributed by atoms with E-state index < -0.39 is 0 Å². The molecule has 0 spiro atoms. The van der Waals surface area contributed by atoms with Crippen molar-refractivity contribution in [3.63, 3.8) is 0 Å². The zero-order valence-corrected chi connectivity index (χ0v) is 11.5. The third-order valence-corrected chi connectivity index (χ3v) is 2.64. The topological polar surface area (TPSA) is 32.6 Å². The lowest BCUT2D eigenvalue weighted by Crippen LogP contribution is -3.00. The zero-order valence-electron chi connectivity index (χ0n) is 9.39. The van der Waals surface area contributed by atoms with Crippen LogP contribution < -0.4 is 28.5 Å². The fraction of sp³-hybridized carbons (Fsp3) is 0.0769. The normalized spacial score (nSPS) is 10.2. The predicted octanol–water partition coefficient (Wildman–Crippen LogP) is -0.942. The van der Waals surface area contributed by atoms with Crippen LogP contribution in [0.25, 0.3) is 22.4 Å². The number of para-hydroxylation sites is 2. The van der Waals surface area contributed by atoms with Crippen LogP contribution in [0.1, 0.15) is 0 Å². The van der Waals surface area contributed by atoms with E-state index in [4.69, 9.17) is 0 Å². The molecule has 4 heteroatoms. The molecule has 2 heterocycles. The summed E-state index contributed by atoms with van der Waals surface area (Å²) in [5.74, 6) is 0.918. The number of rotatable bonds is 1. The maximum Gasteiger partial charge on any atom is 0.169 e. The second-order valence-electron chi connectivity index (χ2n) is 3.85. The number of imidazole rings is 1. The number of aryl methyl sites for hydroxylation is 1. The highest BCUT2D eigenvalue weighted by atomic mass is 127. The summed E-state index contributed by atoms with van der Waals surface area (Å²) in [6.45, 7) is 0. The second-order valence-corrected chi connectivity index (χ2v) is 3.85. The summed E-state index contributed by atoms with van der Waals surface area (Å²) in [7, 11) is 2.00. The molecule has 17 heavy (non-hydrogen) atoms. The SMILES string of the molecule is C[n+]1ccc(-c2nc3ccccc3[nH]2)cc1.[I-]. The number of aromatic amines is 1. The molecule has 0 amide bonds. The van der Waals surface area contributed by atoms with Gasteiger partial charge >= 0.3 is 0 Å². The first-order valence-electron chi connectivity index (χ1n) is 5.23. The summed E-state index contributed by atoms with van der Waals surface area (Å²) in [5, 5.41) is 0. The number of fused-ring (bicyclic) bond motifs is 1. The molecule has 2 aromatic heterocycles. The van der Waals surface area contributed by atoms with Gasteiger partial charge in [-0.05, 0) is 12.1 Å². The summed E-state index contributed by atoms with van der Waals surface area (Å²) in [4.78, 5) is 7.86. The Hall–Kier alpha value is -1.43. The van der Waals surface area contributed by atoms with Gasteiger partial charge in [-0.25, -0.2) is 9.55 Å². The third-order valence-electron chi connectivity index (χ3n) is 2.64. The van der Waals surface area contributed by atoms with Crippen molar-refractivity contribution in [1.82, 2.24) is 9.97 Å². The van der Waals surface area contributed by atoms with Crippen molar-refractivity contribution in [1.29, 1.82) is 0 Å². The fourth-order valence-electron chi connectivity index (χ4n) is 1.75. The van der Waals surface area contributed by atoms with Gasteiger partial charge in [-0.2, -0.15) is 0 Å². The van der Waals surface area contributed by atoms with E-state index in [9.17, 15) is 0 Å². The molecule has 0 radical (unpaired) electrons. The maximum absolute atomic E-state index is 4.55. The lowest BCUT2D eigenvalue weighted by Gasteiger charge is -1.93. The molecule has 86 valence electrons. The number of nitrogens with zero attached hydrogens (tertiary/aromatic N) is 2. The van der Waals surface area contributed by atoms with Gasteiger partial charge in [0.05, 0.1) is 11.0 Å². The van der Waals surface area contributed by atoms with E-state index in [2.05, 4.69) is 22.1 Å². The Balaban J connectivity index is 0.00000108. The van der Waals surface area contributed by atoms with Crippen molar-refractivity contribution in [2.24, 2.45) is 7.05 Å². The number of halogens is 1. The van der Waals surface area contributed by atoms with Gasteiger partial charge in [-0.3, -0.25) is 0 Å². The van der Waals surface area contributed by atoms with Crippen molar-refractivity contribution in [3.8, 4) is 11.4 Å². The van der Waals surface area contributed by atoms with E-state index in [1.165, 1.54) is 0 Å². The second kappa shape index (κ2) is 4.83. The molecule has 3 rings (SSSR count). The Morgan fingerprint density at radius 1 is 1.06 bits per heavy atom. The molecule has 0 saturated carbocycles. The lowest BCUT2D eigenvalue weighted by molar-refractivity contribution is -0.671. The summed E-state index contributed by atoms with van der Waals surface area (Å²) in [6.07, 6.45) is 4.03. The minimum absolute atomic E-state index is 0. The van der Waals surface area contributed by atoms with Gasteiger partial charge in [0.15, 0.2) is 12.4 Å². The highest BCUT2D eigenvalue weighted by Gasteiger charge is 2.05. The molecule has 1 aromatic carbocycles. The van der Waals surface area contributed by atoms with Gasteiger partial charge in [-0.1, -0.05) is 12.1 Å². The molecular formula is C13H12IN3. The Labute approximate surface area is 117 Å². The van der Waals surface area contributed by atoms with E-state index in [0.29, 0.717) is 0 Å². The van der Waals surface area contributed by atoms with Crippen LogP contribution in [0.2, 0.25) is 0 Å². The molecule has 3 aromatic rings. The first kappa shape index (κ1) is 12.0. The highest BCUT2D eigenvalue weighted by molar-refractivity contribution is 5.78. The lowest BCUT2D eigenvalue weighted by atomic mass is 10.2. The monoisotopic (exact) mass is 337 g/mol. The molecule has 0 saturated heterocycles. The minimum Gasteiger partial charge on any atom is -1.00 e. The molecule has 0 bridgehead atoms. The van der Waals surface area contributed by atoms with Crippen molar-refractivity contribution in [2.45, 2.75) is 0 Å². The average Bonchev–Trinajstić information content (AvgIpc) is 2.73. The first-order valence-corrected chi connectivity index (χ1v) is 5.23. The summed E-state index contributed by atoms with van der Waals surface area (Å²) in [6, 6.07) is 12.2. The van der Waals surface area contributed by atoms with Gasteiger partial charge in [0, 0.05) is 17.7 Å². The number of nitrogens with one attached hydrogen (secondary N) is 1. The Kier molecular flexibility index (Phi) is 3.42. The van der Waals surface area contributed by atoms with Crippen LogP contribution in [0, 0.1) is 0 Å². The smallest absolute Gasteiger partial charge is 0.169 e. The number of benzene rings is 1. The molecule has 0 aliphatic rings. The van der Waals surface area contributed by atoms with Gasteiger partial charge in [-0.15, -0.1) is 0 Å². The van der Waals surface area contributed by atoms with E-state index in [-0.39, 0.29) is 24.0 Å². The maximum atomic E-state index is 4.55.